The van der Waals surface area contributed by atoms with Gasteiger partial charge in [0, 0.05) is 18.0 Å². The molecule has 0 atom stereocenters. The van der Waals surface area contributed by atoms with Crippen LogP contribution in [0.4, 0.5) is 0 Å². The summed E-state index contributed by atoms with van der Waals surface area (Å²) < 4.78 is 7.56. The molecule has 2 heterocycles. The van der Waals surface area contributed by atoms with Gasteiger partial charge in [0.05, 0.1) is 6.54 Å². The van der Waals surface area contributed by atoms with Crippen molar-refractivity contribution in [3.05, 3.63) is 34.7 Å². The first kappa shape index (κ1) is 10.2. The monoisotopic (exact) mass is 223 g/mol. The lowest BCUT2D eigenvalue weighted by molar-refractivity contribution is 0.409. The first-order valence-corrected chi connectivity index (χ1v) is 5.26. The summed E-state index contributed by atoms with van der Waals surface area (Å²) in [4.78, 5) is 3.05. The molecule has 0 aliphatic heterocycles. The van der Waals surface area contributed by atoms with Gasteiger partial charge >= 0.3 is 0 Å². The van der Waals surface area contributed by atoms with Crippen LogP contribution in [0.3, 0.4) is 0 Å². The summed E-state index contributed by atoms with van der Waals surface area (Å²) in [6, 6.07) is 1.85. The summed E-state index contributed by atoms with van der Waals surface area (Å²) in [5.74, 6) is 0.435. The molecule has 0 radical (unpaired) electrons. The van der Waals surface area contributed by atoms with E-state index in [1.54, 1.807) is 6.26 Å². The van der Waals surface area contributed by atoms with Gasteiger partial charge in [0.15, 0.2) is 4.77 Å². The molecule has 2 aromatic rings. The zero-order chi connectivity index (χ0) is 10.8. The van der Waals surface area contributed by atoms with E-state index in [0.29, 0.717) is 12.5 Å². The first-order valence-electron chi connectivity index (χ1n) is 4.86. The van der Waals surface area contributed by atoms with Crippen molar-refractivity contribution < 1.29 is 4.52 Å². The number of H-pyrrole nitrogens is 1. The second kappa shape index (κ2) is 4.02. The smallest absolute Gasteiger partial charge is 0.177 e. The third-order valence-corrected chi connectivity index (χ3v) is 2.64. The average molecular weight is 223 g/mol. The van der Waals surface area contributed by atoms with Crippen LogP contribution in [-0.2, 0) is 6.54 Å². The predicted octanol–water partition coefficient (Wildman–Crippen LogP) is 2.71. The van der Waals surface area contributed by atoms with E-state index >= 15 is 0 Å². The Morgan fingerprint density at radius 2 is 2.40 bits per heavy atom. The number of aromatic amines is 1. The number of nitrogens with one attached hydrogen (secondary N) is 1. The summed E-state index contributed by atoms with van der Waals surface area (Å²) in [7, 11) is 0. The number of hydrogen-bond acceptors (Lipinski definition) is 3. The highest BCUT2D eigenvalue weighted by Crippen LogP contribution is 2.15. The summed E-state index contributed by atoms with van der Waals surface area (Å²) in [5, 5.41) is 3.88. The quantitative estimate of drug-likeness (QED) is 0.814. The van der Waals surface area contributed by atoms with Crippen molar-refractivity contribution in [2.45, 2.75) is 26.3 Å². The predicted molar refractivity (Wildman–Crippen MR) is 59.3 cm³/mol. The zero-order valence-corrected chi connectivity index (χ0v) is 9.54. The summed E-state index contributed by atoms with van der Waals surface area (Å²) >= 11 is 5.21. The maximum Gasteiger partial charge on any atom is 0.177 e. The summed E-state index contributed by atoms with van der Waals surface area (Å²) in [6.45, 7) is 4.93. The molecule has 0 aliphatic carbocycles. The van der Waals surface area contributed by atoms with E-state index in [1.165, 1.54) is 5.69 Å². The van der Waals surface area contributed by atoms with Gasteiger partial charge in [-0.15, -0.1) is 0 Å². The minimum Gasteiger partial charge on any atom is -0.364 e. The van der Waals surface area contributed by atoms with Gasteiger partial charge in [-0.25, -0.2) is 0 Å². The Kier molecular flexibility index (Phi) is 2.73. The molecular weight excluding hydrogens is 210 g/mol. The van der Waals surface area contributed by atoms with E-state index in [-0.39, 0.29) is 0 Å². The van der Waals surface area contributed by atoms with Crippen molar-refractivity contribution in [2.24, 2.45) is 0 Å². The number of rotatable bonds is 3. The molecule has 0 saturated carbocycles. The first-order chi connectivity index (χ1) is 7.18. The molecule has 0 fully saturated rings. The van der Waals surface area contributed by atoms with E-state index in [1.807, 2.05) is 16.8 Å². The second-order valence-corrected chi connectivity index (χ2v) is 4.14. The second-order valence-electron chi connectivity index (χ2n) is 3.75. The van der Waals surface area contributed by atoms with Gasteiger partial charge in [0.25, 0.3) is 0 Å². The fourth-order valence-electron chi connectivity index (χ4n) is 1.53. The van der Waals surface area contributed by atoms with Crippen LogP contribution >= 0.6 is 12.2 Å². The maximum absolute atomic E-state index is 5.21. The Morgan fingerprint density at radius 3 is 3.00 bits per heavy atom. The molecule has 5 heteroatoms. The van der Waals surface area contributed by atoms with E-state index in [4.69, 9.17) is 16.7 Å². The van der Waals surface area contributed by atoms with Gasteiger partial charge in [0.1, 0.15) is 12.0 Å². The average Bonchev–Trinajstić information content (AvgIpc) is 2.78. The molecule has 0 saturated heterocycles. The van der Waals surface area contributed by atoms with Crippen LogP contribution in [0.1, 0.15) is 31.2 Å². The van der Waals surface area contributed by atoms with Crippen LogP contribution in [0.2, 0.25) is 0 Å². The molecule has 0 aliphatic rings. The molecule has 2 aromatic heterocycles. The third kappa shape index (κ3) is 2.02. The highest BCUT2D eigenvalue weighted by atomic mass is 32.1. The lowest BCUT2D eigenvalue weighted by Gasteiger charge is -2.08. The highest BCUT2D eigenvalue weighted by Gasteiger charge is 2.09. The number of aromatic nitrogens is 3. The Bertz CT molecular complexity index is 481. The molecule has 0 aromatic carbocycles. The van der Waals surface area contributed by atoms with E-state index in [0.717, 1.165) is 10.5 Å². The van der Waals surface area contributed by atoms with Crippen LogP contribution in [-0.4, -0.2) is 14.7 Å². The van der Waals surface area contributed by atoms with Crippen LogP contribution in [0.15, 0.2) is 23.0 Å². The minimum atomic E-state index is 0.435. The molecular formula is C10H13N3OS. The van der Waals surface area contributed by atoms with Crippen molar-refractivity contribution in [1.82, 2.24) is 14.7 Å². The molecule has 0 bridgehead atoms. The molecule has 4 nitrogen and oxygen atoms in total. The molecule has 80 valence electrons. The molecule has 0 spiro atoms. The van der Waals surface area contributed by atoms with Gasteiger partial charge < -0.3 is 14.1 Å². The fraction of sp³-hybridized carbons (Fsp3) is 0.400. The summed E-state index contributed by atoms with van der Waals surface area (Å²) in [6.07, 6.45) is 3.52. The van der Waals surface area contributed by atoms with Crippen molar-refractivity contribution >= 4 is 12.2 Å². The van der Waals surface area contributed by atoms with Gasteiger partial charge in [-0.1, -0.05) is 19.0 Å². The van der Waals surface area contributed by atoms with Crippen molar-refractivity contribution in [3.63, 3.8) is 0 Å². The van der Waals surface area contributed by atoms with Gasteiger partial charge in [0.2, 0.25) is 0 Å². The Balaban J connectivity index is 2.35. The van der Waals surface area contributed by atoms with Crippen molar-refractivity contribution in [1.29, 1.82) is 0 Å². The van der Waals surface area contributed by atoms with Crippen LogP contribution in [0.25, 0.3) is 0 Å². The number of imidazole rings is 1. The van der Waals surface area contributed by atoms with Gasteiger partial charge in [-0.2, -0.15) is 0 Å². The number of hydrogen-bond donors (Lipinski definition) is 1. The fourth-order valence-corrected chi connectivity index (χ4v) is 1.76. The zero-order valence-electron chi connectivity index (χ0n) is 8.73. The Labute approximate surface area is 92.9 Å². The number of nitrogens with zero attached hydrogens (tertiary/aromatic N) is 2. The van der Waals surface area contributed by atoms with E-state index in [9.17, 15) is 0 Å². The Hall–Kier alpha value is -1.36. The van der Waals surface area contributed by atoms with Gasteiger partial charge in [-0.05, 0) is 18.1 Å². The van der Waals surface area contributed by atoms with Crippen LogP contribution < -0.4 is 0 Å². The summed E-state index contributed by atoms with van der Waals surface area (Å²) in [5.41, 5.74) is 2.07. The molecule has 1 N–H and O–H groups in total. The normalized spacial score (nSPS) is 11.1. The topological polar surface area (TPSA) is 46.8 Å². The lowest BCUT2D eigenvalue weighted by Crippen LogP contribution is -2.05. The molecule has 15 heavy (non-hydrogen) atoms. The minimum absolute atomic E-state index is 0.435. The van der Waals surface area contributed by atoms with Crippen LogP contribution in [0.5, 0.6) is 0 Å². The van der Waals surface area contributed by atoms with Gasteiger partial charge in [-0.3, -0.25) is 0 Å². The Morgan fingerprint density at radius 1 is 1.60 bits per heavy atom. The van der Waals surface area contributed by atoms with E-state index in [2.05, 4.69) is 24.0 Å². The third-order valence-electron chi connectivity index (χ3n) is 2.30. The lowest BCUT2D eigenvalue weighted by atomic mass is 10.1. The molecule has 0 unspecified atom stereocenters. The van der Waals surface area contributed by atoms with E-state index < -0.39 is 0 Å². The van der Waals surface area contributed by atoms with Crippen molar-refractivity contribution in [3.8, 4) is 0 Å². The van der Waals surface area contributed by atoms with Crippen LogP contribution in [0, 0.1) is 4.77 Å². The maximum atomic E-state index is 5.21. The molecule has 0 amide bonds. The van der Waals surface area contributed by atoms with Crippen molar-refractivity contribution in [2.75, 3.05) is 0 Å². The largest absolute Gasteiger partial charge is 0.364 e. The SMILES string of the molecule is CC(C)c1c[nH]c(=S)n1Cc1ccon1. The molecule has 2 rings (SSSR count). The standard InChI is InChI=1S/C10H13N3OS/c1-7(2)9-5-11-10(15)13(9)6-8-3-4-14-12-8/h3-5,7H,6H2,1-2H3,(H,11,15). The highest BCUT2D eigenvalue weighted by molar-refractivity contribution is 7.71.